The predicted octanol–water partition coefficient (Wildman–Crippen LogP) is 0.582. The molecule has 0 saturated carbocycles. The second-order valence-electron chi connectivity index (χ2n) is 4.19. The van der Waals surface area contributed by atoms with Gasteiger partial charge in [0.15, 0.2) is 0 Å². The third-order valence-electron chi connectivity index (χ3n) is 2.53. The zero-order chi connectivity index (χ0) is 11.3. The monoisotopic (exact) mass is 231 g/mol. The lowest BCUT2D eigenvalue weighted by Gasteiger charge is -2.34. The minimum Gasteiger partial charge on any atom is -0.301 e. The minimum absolute atomic E-state index is 0.0671. The summed E-state index contributed by atoms with van der Waals surface area (Å²) in [6.45, 7) is 7.81. The molecule has 4 nitrogen and oxygen atoms in total. The third kappa shape index (κ3) is 4.86. The molecule has 1 aliphatic heterocycles. The normalized spacial score (nSPS) is 27.7. The first-order chi connectivity index (χ1) is 7.11. The van der Waals surface area contributed by atoms with Crippen molar-refractivity contribution in [3.63, 3.8) is 0 Å². The fourth-order valence-electron chi connectivity index (χ4n) is 2.00. The fourth-order valence-corrected chi connectivity index (χ4v) is 3.39. The highest BCUT2D eigenvalue weighted by molar-refractivity contribution is 8.00. The van der Waals surface area contributed by atoms with E-state index in [9.17, 15) is 4.79 Å². The summed E-state index contributed by atoms with van der Waals surface area (Å²) in [6, 6.07) is 0. The van der Waals surface area contributed by atoms with E-state index in [1.54, 1.807) is 0 Å². The average molecular weight is 231 g/mol. The van der Waals surface area contributed by atoms with Crippen LogP contribution in [-0.2, 0) is 4.79 Å². The van der Waals surface area contributed by atoms with Gasteiger partial charge in [-0.3, -0.25) is 10.2 Å². The topological polar surface area (TPSA) is 58.4 Å². The van der Waals surface area contributed by atoms with Gasteiger partial charge in [-0.05, 0) is 13.0 Å². The van der Waals surface area contributed by atoms with Crippen LogP contribution in [0, 0.1) is 0 Å². The van der Waals surface area contributed by atoms with Gasteiger partial charge in [-0.1, -0.05) is 13.8 Å². The van der Waals surface area contributed by atoms with Crippen LogP contribution < -0.4 is 11.3 Å². The molecule has 3 N–H and O–H groups in total. The summed E-state index contributed by atoms with van der Waals surface area (Å²) in [5.74, 6) is 4.95. The fraction of sp³-hybridized carbons (Fsp3) is 0.900. The number of nitrogens with two attached hydrogens (primary N) is 1. The lowest BCUT2D eigenvalue weighted by molar-refractivity contribution is -0.121. The van der Waals surface area contributed by atoms with E-state index in [-0.39, 0.29) is 5.91 Å². The number of carbonyl (C=O) groups excluding carboxylic acids is 1. The molecule has 0 bridgehead atoms. The van der Waals surface area contributed by atoms with Crippen molar-refractivity contribution in [2.24, 2.45) is 5.84 Å². The summed E-state index contributed by atoms with van der Waals surface area (Å²) in [7, 11) is 0. The van der Waals surface area contributed by atoms with Crippen molar-refractivity contribution in [2.45, 2.75) is 37.2 Å². The zero-order valence-corrected chi connectivity index (χ0v) is 10.3. The Kier molecular flexibility index (Phi) is 5.42. The molecule has 1 aliphatic rings. The number of hydrogen-bond donors (Lipinski definition) is 2. The van der Waals surface area contributed by atoms with Crippen LogP contribution >= 0.6 is 11.8 Å². The molecule has 1 heterocycles. The summed E-state index contributed by atoms with van der Waals surface area (Å²) in [5, 5.41) is 1.41. The Labute approximate surface area is 95.9 Å². The van der Waals surface area contributed by atoms with Gasteiger partial charge in [0.05, 0.1) is 0 Å². The Morgan fingerprint density at radius 1 is 1.47 bits per heavy atom. The van der Waals surface area contributed by atoms with Gasteiger partial charge in [0.25, 0.3) is 0 Å². The lowest BCUT2D eigenvalue weighted by Crippen LogP contribution is -2.41. The molecule has 1 saturated heterocycles. The number of nitrogens with one attached hydrogen (secondary N) is 1. The van der Waals surface area contributed by atoms with Crippen LogP contribution in [0.25, 0.3) is 0 Å². The standard InChI is InChI=1S/C10H21N3OS/c1-8-6-13(7-9(2)15-8)5-3-4-10(14)12-11/h8-9H,3-7,11H2,1-2H3,(H,12,14). The molecule has 1 fully saturated rings. The molecule has 2 atom stereocenters. The Balaban J connectivity index is 2.17. The van der Waals surface area contributed by atoms with Crippen molar-refractivity contribution in [1.29, 1.82) is 0 Å². The summed E-state index contributed by atoms with van der Waals surface area (Å²) >= 11 is 2.05. The van der Waals surface area contributed by atoms with Crippen LogP contribution in [0.3, 0.4) is 0 Å². The van der Waals surface area contributed by atoms with Crippen molar-refractivity contribution >= 4 is 17.7 Å². The molecule has 88 valence electrons. The zero-order valence-electron chi connectivity index (χ0n) is 9.53. The van der Waals surface area contributed by atoms with E-state index in [0.29, 0.717) is 16.9 Å². The summed E-state index contributed by atoms with van der Waals surface area (Å²) in [6.07, 6.45) is 1.43. The van der Waals surface area contributed by atoms with Crippen molar-refractivity contribution in [2.75, 3.05) is 19.6 Å². The van der Waals surface area contributed by atoms with Crippen LogP contribution in [0.2, 0.25) is 0 Å². The van der Waals surface area contributed by atoms with E-state index in [4.69, 9.17) is 5.84 Å². The Morgan fingerprint density at radius 3 is 2.60 bits per heavy atom. The number of amides is 1. The highest BCUT2D eigenvalue weighted by Gasteiger charge is 2.21. The Bertz CT molecular complexity index is 203. The van der Waals surface area contributed by atoms with Crippen LogP contribution in [0.5, 0.6) is 0 Å². The van der Waals surface area contributed by atoms with Crippen LogP contribution in [0.1, 0.15) is 26.7 Å². The Morgan fingerprint density at radius 2 is 2.07 bits per heavy atom. The summed E-state index contributed by atoms with van der Waals surface area (Å²) in [5.41, 5.74) is 2.16. The first-order valence-electron chi connectivity index (χ1n) is 5.49. The molecule has 0 aliphatic carbocycles. The lowest BCUT2D eigenvalue weighted by atomic mass is 10.2. The molecule has 0 aromatic carbocycles. The van der Waals surface area contributed by atoms with Crippen molar-refractivity contribution in [3.05, 3.63) is 0 Å². The van der Waals surface area contributed by atoms with E-state index in [1.807, 2.05) is 11.8 Å². The molecule has 0 aromatic rings. The molecule has 1 rings (SSSR count). The largest absolute Gasteiger partial charge is 0.301 e. The smallest absolute Gasteiger partial charge is 0.233 e. The molecular weight excluding hydrogens is 210 g/mol. The molecule has 1 amide bonds. The van der Waals surface area contributed by atoms with Gasteiger partial charge >= 0.3 is 0 Å². The van der Waals surface area contributed by atoms with E-state index in [1.165, 1.54) is 0 Å². The summed E-state index contributed by atoms with van der Waals surface area (Å²) in [4.78, 5) is 13.4. The van der Waals surface area contributed by atoms with Gasteiger partial charge in [0.2, 0.25) is 5.91 Å². The maximum Gasteiger partial charge on any atom is 0.233 e. The van der Waals surface area contributed by atoms with Gasteiger partial charge < -0.3 is 4.90 Å². The number of nitrogens with zero attached hydrogens (tertiary/aromatic N) is 1. The minimum atomic E-state index is -0.0671. The maximum atomic E-state index is 10.9. The average Bonchev–Trinajstić information content (AvgIpc) is 2.16. The molecule has 0 spiro atoms. The molecular formula is C10H21N3OS. The van der Waals surface area contributed by atoms with Crippen LogP contribution in [-0.4, -0.2) is 40.9 Å². The van der Waals surface area contributed by atoms with Crippen LogP contribution in [0.4, 0.5) is 0 Å². The number of rotatable bonds is 4. The highest BCUT2D eigenvalue weighted by Crippen LogP contribution is 2.24. The van der Waals surface area contributed by atoms with E-state index in [0.717, 1.165) is 26.1 Å². The number of thioether (sulfide) groups is 1. The number of hydrazine groups is 1. The molecule has 2 unspecified atom stereocenters. The second-order valence-corrected chi connectivity index (χ2v) is 6.07. The Hall–Kier alpha value is -0.260. The van der Waals surface area contributed by atoms with Gasteiger partial charge in [0.1, 0.15) is 0 Å². The maximum absolute atomic E-state index is 10.9. The van der Waals surface area contributed by atoms with Gasteiger partial charge in [-0.25, -0.2) is 5.84 Å². The molecule has 0 aromatic heterocycles. The SMILES string of the molecule is CC1CN(CCCC(=O)NN)CC(C)S1. The first kappa shape index (κ1) is 12.8. The van der Waals surface area contributed by atoms with Gasteiger partial charge in [-0.15, -0.1) is 0 Å². The highest BCUT2D eigenvalue weighted by atomic mass is 32.2. The van der Waals surface area contributed by atoms with E-state index < -0.39 is 0 Å². The first-order valence-corrected chi connectivity index (χ1v) is 6.43. The van der Waals surface area contributed by atoms with Crippen molar-refractivity contribution in [3.8, 4) is 0 Å². The van der Waals surface area contributed by atoms with E-state index in [2.05, 4.69) is 24.2 Å². The molecule has 15 heavy (non-hydrogen) atoms. The van der Waals surface area contributed by atoms with Crippen LogP contribution in [0.15, 0.2) is 0 Å². The number of hydrogen-bond acceptors (Lipinski definition) is 4. The predicted molar refractivity (Wildman–Crippen MR) is 64.5 cm³/mol. The van der Waals surface area contributed by atoms with Gasteiger partial charge in [-0.2, -0.15) is 11.8 Å². The molecule has 0 radical (unpaired) electrons. The molecule has 5 heteroatoms. The van der Waals surface area contributed by atoms with Crippen molar-refractivity contribution in [1.82, 2.24) is 10.3 Å². The van der Waals surface area contributed by atoms with E-state index >= 15 is 0 Å². The van der Waals surface area contributed by atoms with Gasteiger partial charge in [0, 0.05) is 30.0 Å². The third-order valence-corrected chi connectivity index (χ3v) is 3.76. The second kappa shape index (κ2) is 6.35. The number of carbonyl (C=O) groups is 1. The summed E-state index contributed by atoms with van der Waals surface area (Å²) < 4.78 is 0. The van der Waals surface area contributed by atoms with Crippen molar-refractivity contribution < 1.29 is 4.79 Å². The quantitative estimate of drug-likeness (QED) is 0.422.